The average molecular weight is 385 g/mol. The highest BCUT2D eigenvalue weighted by atomic mass is 16.5. The van der Waals surface area contributed by atoms with Crippen molar-refractivity contribution in [2.45, 2.75) is 57.0 Å². The molecule has 2 fully saturated rings. The van der Waals surface area contributed by atoms with Crippen molar-refractivity contribution in [3.05, 3.63) is 42.5 Å². The average Bonchev–Trinajstić information content (AvgIpc) is 3.12. The number of likely N-dealkylation sites (tertiary alicyclic amines) is 1. The van der Waals surface area contributed by atoms with E-state index in [0.717, 1.165) is 38.5 Å². The number of nitrogens with zero attached hydrogens (tertiary/aromatic N) is 2. The van der Waals surface area contributed by atoms with E-state index in [4.69, 9.17) is 4.74 Å². The van der Waals surface area contributed by atoms with Crippen LogP contribution < -0.4 is 4.74 Å². The fourth-order valence-corrected chi connectivity index (χ4v) is 4.77. The van der Waals surface area contributed by atoms with E-state index in [1.165, 1.54) is 6.42 Å². The minimum absolute atomic E-state index is 0.0571. The van der Waals surface area contributed by atoms with Gasteiger partial charge in [0.25, 0.3) is 5.91 Å². The van der Waals surface area contributed by atoms with Gasteiger partial charge in [-0.15, -0.1) is 6.58 Å². The predicted octanol–water partition coefficient (Wildman–Crippen LogP) is 3.89. The molecule has 28 heavy (non-hydrogen) atoms. The number of carbonyl (C=O) groups is 2. The Hall–Kier alpha value is -2.30. The zero-order chi connectivity index (χ0) is 20.1. The third-order valence-corrected chi connectivity index (χ3v) is 6.22. The highest BCUT2D eigenvalue weighted by Gasteiger charge is 2.48. The Balaban J connectivity index is 1.86. The van der Waals surface area contributed by atoms with Gasteiger partial charge in [-0.1, -0.05) is 31.1 Å². The third kappa shape index (κ3) is 4.08. The van der Waals surface area contributed by atoms with Gasteiger partial charge < -0.3 is 14.5 Å². The molecule has 0 radical (unpaired) electrons. The minimum atomic E-state index is -0.376. The summed E-state index contributed by atoms with van der Waals surface area (Å²) in [5.74, 6) is 0.964. The lowest BCUT2D eigenvalue weighted by Gasteiger charge is -2.35. The first-order valence-corrected chi connectivity index (χ1v) is 10.4. The normalized spacial score (nSPS) is 23.8. The van der Waals surface area contributed by atoms with E-state index in [2.05, 4.69) is 6.58 Å². The molecular formula is C23H32N2O3. The summed E-state index contributed by atoms with van der Waals surface area (Å²) in [6, 6.07) is 7.09. The molecule has 1 aliphatic heterocycles. The largest absolute Gasteiger partial charge is 0.496 e. The highest BCUT2D eigenvalue weighted by molar-refractivity contribution is 6.00. The number of allylic oxidation sites excluding steroid dienone is 1. The van der Waals surface area contributed by atoms with Gasteiger partial charge in [-0.2, -0.15) is 0 Å². The van der Waals surface area contributed by atoms with E-state index in [-0.39, 0.29) is 23.9 Å². The number of rotatable bonds is 7. The van der Waals surface area contributed by atoms with Gasteiger partial charge in [0.1, 0.15) is 11.8 Å². The second kappa shape index (κ2) is 9.26. The van der Waals surface area contributed by atoms with E-state index in [1.807, 2.05) is 30.2 Å². The van der Waals surface area contributed by atoms with Crippen LogP contribution in [0.2, 0.25) is 0 Å². The highest BCUT2D eigenvalue weighted by Crippen LogP contribution is 2.41. The van der Waals surface area contributed by atoms with Crippen molar-refractivity contribution < 1.29 is 14.3 Å². The van der Waals surface area contributed by atoms with E-state index in [0.29, 0.717) is 23.8 Å². The Morgan fingerprint density at radius 3 is 2.79 bits per heavy atom. The van der Waals surface area contributed by atoms with Crippen LogP contribution in [0.15, 0.2) is 36.9 Å². The molecule has 0 spiro atoms. The monoisotopic (exact) mass is 384 g/mol. The molecule has 1 aromatic carbocycles. The number of amides is 2. The first-order chi connectivity index (χ1) is 13.6. The number of ether oxygens (including phenoxy) is 1. The van der Waals surface area contributed by atoms with E-state index in [1.54, 1.807) is 24.1 Å². The van der Waals surface area contributed by atoms with Crippen molar-refractivity contribution in [2.24, 2.45) is 5.92 Å². The maximum atomic E-state index is 13.5. The van der Waals surface area contributed by atoms with Crippen LogP contribution in [-0.2, 0) is 4.79 Å². The number of benzene rings is 1. The SMILES string of the molecule is C=CCCCN(C)C(=O)C1CC2CCCCC2N1C(=O)c1ccccc1OC. The predicted molar refractivity (Wildman–Crippen MR) is 110 cm³/mol. The summed E-state index contributed by atoms with van der Waals surface area (Å²) < 4.78 is 5.42. The summed E-state index contributed by atoms with van der Waals surface area (Å²) in [7, 11) is 3.43. The zero-order valence-corrected chi connectivity index (χ0v) is 17.1. The molecule has 0 bridgehead atoms. The lowest BCUT2D eigenvalue weighted by atomic mass is 9.84. The van der Waals surface area contributed by atoms with Crippen molar-refractivity contribution in [2.75, 3.05) is 20.7 Å². The Kier molecular flexibility index (Phi) is 6.76. The second-order valence-corrected chi connectivity index (χ2v) is 7.97. The van der Waals surface area contributed by atoms with Crippen LogP contribution in [0.1, 0.15) is 55.3 Å². The van der Waals surface area contributed by atoms with Gasteiger partial charge in [0.15, 0.2) is 0 Å². The van der Waals surface area contributed by atoms with Gasteiger partial charge in [-0.3, -0.25) is 9.59 Å². The van der Waals surface area contributed by atoms with Crippen molar-refractivity contribution in [1.29, 1.82) is 0 Å². The summed E-state index contributed by atoms with van der Waals surface area (Å²) >= 11 is 0. The molecule has 152 valence electrons. The third-order valence-electron chi connectivity index (χ3n) is 6.22. The van der Waals surface area contributed by atoms with Crippen LogP contribution in [0.5, 0.6) is 5.75 Å². The van der Waals surface area contributed by atoms with Crippen LogP contribution in [-0.4, -0.2) is 54.4 Å². The minimum Gasteiger partial charge on any atom is -0.496 e. The van der Waals surface area contributed by atoms with Crippen molar-refractivity contribution in [1.82, 2.24) is 9.80 Å². The number of para-hydroxylation sites is 1. The van der Waals surface area contributed by atoms with Crippen molar-refractivity contribution >= 4 is 11.8 Å². The number of carbonyl (C=O) groups excluding carboxylic acids is 2. The molecule has 1 saturated carbocycles. The Morgan fingerprint density at radius 1 is 1.29 bits per heavy atom. The molecule has 3 unspecified atom stereocenters. The van der Waals surface area contributed by atoms with E-state index >= 15 is 0 Å². The fourth-order valence-electron chi connectivity index (χ4n) is 4.77. The van der Waals surface area contributed by atoms with Crippen LogP contribution in [0.3, 0.4) is 0 Å². The standard InChI is InChI=1S/C23H32N2O3/c1-4-5-10-15-24(2)23(27)20-16-17-11-6-8-13-19(17)25(20)22(26)18-12-7-9-14-21(18)28-3/h4,7,9,12,14,17,19-20H,1,5-6,8,10-11,13,15-16H2,2-3H3. The maximum absolute atomic E-state index is 13.5. The Bertz CT molecular complexity index is 718. The summed E-state index contributed by atoms with van der Waals surface area (Å²) in [6.07, 6.45) is 8.82. The summed E-state index contributed by atoms with van der Waals surface area (Å²) in [6.45, 7) is 4.43. The smallest absolute Gasteiger partial charge is 0.258 e. The van der Waals surface area contributed by atoms with Gasteiger partial charge in [0, 0.05) is 19.6 Å². The molecule has 5 heteroatoms. The van der Waals surface area contributed by atoms with Crippen LogP contribution >= 0.6 is 0 Å². The number of likely N-dealkylation sites (N-methyl/N-ethyl adjacent to an activating group) is 1. The molecular weight excluding hydrogens is 352 g/mol. The molecule has 5 nitrogen and oxygen atoms in total. The van der Waals surface area contributed by atoms with Gasteiger partial charge >= 0.3 is 0 Å². The summed E-state index contributed by atoms with van der Waals surface area (Å²) in [5, 5.41) is 0. The molecule has 1 heterocycles. The Labute approximate surface area is 168 Å². The number of unbranched alkanes of at least 4 members (excludes halogenated alkanes) is 1. The van der Waals surface area contributed by atoms with Gasteiger partial charge in [0.05, 0.1) is 12.7 Å². The maximum Gasteiger partial charge on any atom is 0.258 e. The molecule has 2 amide bonds. The van der Waals surface area contributed by atoms with Gasteiger partial charge in [0.2, 0.25) is 5.91 Å². The first-order valence-electron chi connectivity index (χ1n) is 10.4. The molecule has 3 rings (SSSR count). The molecule has 2 aliphatic rings. The molecule has 1 aliphatic carbocycles. The van der Waals surface area contributed by atoms with Crippen LogP contribution in [0.25, 0.3) is 0 Å². The molecule has 3 atom stereocenters. The van der Waals surface area contributed by atoms with Crippen molar-refractivity contribution in [3.63, 3.8) is 0 Å². The first kappa shape index (κ1) is 20.4. The topological polar surface area (TPSA) is 49.9 Å². The zero-order valence-electron chi connectivity index (χ0n) is 17.1. The number of methoxy groups -OCH3 is 1. The van der Waals surface area contributed by atoms with E-state index < -0.39 is 0 Å². The summed E-state index contributed by atoms with van der Waals surface area (Å²) in [4.78, 5) is 30.5. The Morgan fingerprint density at radius 2 is 2.04 bits per heavy atom. The quantitative estimate of drug-likeness (QED) is 0.529. The number of fused-ring (bicyclic) bond motifs is 1. The van der Waals surface area contributed by atoms with E-state index in [9.17, 15) is 9.59 Å². The number of hydrogen-bond acceptors (Lipinski definition) is 3. The van der Waals surface area contributed by atoms with Gasteiger partial charge in [-0.05, 0) is 50.2 Å². The second-order valence-electron chi connectivity index (χ2n) is 7.97. The summed E-state index contributed by atoms with van der Waals surface area (Å²) in [5.41, 5.74) is 0.545. The molecule has 0 aromatic heterocycles. The van der Waals surface area contributed by atoms with Crippen LogP contribution in [0, 0.1) is 5.92 Å². The lowest BCUT2D eigenvalue weighted by molar-refractivity contribution is -0.134. The van der Waals surface area contributed by atoms with Crippen molar-refractivity contribution in [3.8, 4) is 5.75 Å². The fraction of sp³-hybridized carbons (Fsp3) is 0.565. The molecule has 0 N–H and O–H groups in total. The van der Waals surface area contributed by atoms with Gasteiger partial charge in [-0.25, -0.2) is 0 Å². The molecule has 1 saturated heterocycles. The molecule has 1 aromatic rings. The van der Waals surface area contributed by atoms with Crippen LogP contribution in [0.4, 0.5) is 0 Å². The lowest BCUT2D eigenvalue weighted by Crippen LogP contribution is -2.50. The number of hydrogen-bond donors (Lipinski definition) is 0.